The Balaban J connectivity index is 1.45. The van der Waals surface area contributed by atoms with Gasteiger partial charge in [-0.3, -0.25) is 4.90 Å². The van der Waals surface area contributed by atoms with Crippen molar-refractivity contribution in [3.05, 3.63) is 54.6 Å². The molecule has 2 amide bonds. The molecule has 1 heterocycles. The zero-order valence-corrected chi connectivity index (χ0v) is 15.7. The summed E-state index contributed by atoms with van der Waals surface area (Å²) >= 11 is 0. The summed E-state index contributed by atoms with van der Waals surface area (Å²) in [5.41, 5.74) is 0.696. The molecule has 27 heavy (non-hydrogen) atoms. The number of ether oxygens (including phenoxy) is 2. The molecule has 3 rings (SSSR count). The van der Waals surface area contributed by atoms with Crippen LogP contribution in [-0.2, 0) is 4.74 Å². The molecule has 0 aliphatic carbocycles. The predicted molar refractivity (Wildman–Crippen MR) is 106 cm³/mol. The van der Waals surface area contributed by atoms with Crippen LogP contribution < -0.4 is 15.4 Å². The van der Waals surface area contributed by atoms with Crippen molar-refractivity contribution in [1.82, 2.24) is 10.2 Å². The molecule has 6 heteroatoms. The molecule has 0 radical (unpaired) electrons. The number of benzene rings is 2. The van der Waals surface area contributed by atoms with Gasteiger partial charge in [-0.05, 0) is 37.6 Å². The molecule has 1 fully saturated rings. The number of nitrogens with zero attached hydrogens (tertiary/aromatic N) is 1. The highest BCUT2D eigenvalue weighted by molar-refractivity contribution is 5.89. The van der Waals surface area contributed by atoms with Crippen LogP contribution in [0.4, 0.5) is 10.5 Å². The van der Waals surface area contributed by atoms with Crippen molar-refractivity contribution in [3.63, 3.8) is 0 Å². The van der Waals surface area contributed by atoms with Crippen molar-refractivity contribution < 1.29 is 14.3 Å². The van der Waals surface area contributed by atoms with Crippen LogP contribution >= 0.6 is 0 Å². The van der Waals surface area contributed by atoms with E-state index >= 15 is 0 Å². The molecule has 0 aromatic heterocycles. The van der Waals surface area contributed by atoms with Crippen LogP contribution in [0.3, 0.4) is 0 Å². The number of hydrogen-bond acceptors (Lipinski definition) is 4. The number of para-hydroxylation sites is 1. The lowest BCUT2D eigenvalue weighted by Gasteiger charge is -2.27. The van der Waals surface area contributed by atoms with Gasteiger partial charge in [0.25, 0.3) is 0 Å². The van der Waals surface area contributed by atoms with E-state index in [4.69, 9.17) is 9.47 Å². The van der Waals surface area contributed by atoms with Gasteiger partial charge in [-0.2, -0.15) is 0 Å². The Hall–Kier alpha value is -2.57. The second-order valence-corrected chi connectivity index (χ2v) is 6.69. The van der Waals surface area contributed by atoms with Gasteiger partial charge in [0.2, 0.25) is 0 Å². The first-order valence-corrected chi connectivity index (χ1v) is 9.39. The van der Waals surface area contributed by atoms with E-state index in [0.717, 1.165) is 45.0 Å². The first-order chi connectivity index (χ1) is 13.2. The fraction of sp³-hybridized carbons (Fsp3) is 0.381. The highest BCUT2D eigenvalue weighted by atomic mass is 16.5. The molecule has 0 unspecified atom stereocenters. The molecular weight excluding hydrogens is 342 g/mol. The molecule has 1 aliphatic heterocycles. The van der Waals surface area contributed by atoms with Crippen molar-refractivity contribution >= 4 is 11.7 Å². The number of carbonyl (C=O) groups excluding carboxylic acids is 1. The van der Waals surface area contributed by atoms with Crippen molar-refractivity contribution in [2.45, 2.75) is 19.4 Å². The van der Waals surface area contributed by atoms with E-state index in [1.165, 1.54) is 0 Å². The lowest BCUT2D eigenvalue weighted by Crippen LogP contribution is -2.41. The van der Waals surface area contributed by atoms with Crippen molar-refractivity contribution in [2.24, 2.45) is 0 Å². The normalized spacial score (nSPS) is 15.7. The fourth-order valence-electron chi connectivity index (χ4n) is 2.93. The first kappa shape index (κ1) is 19.2. The summed E-state index contributed by atoms with van der Waals surface area (Å²) in [7, 11) is 0. The number of urea groups is 1. The SMILES string of the molecule is C[C@@H](CCN1CCOCC1)NC(=O)Nc1cccc(Oc2ccccc2)c1. The highest BCUT2D eigenvalue weighted by Crippen LogP contribution is 2.23. The molecule has 0 saturated carbocycles. The number of carbonyl (C=O) groups is 1. The summed E-state index contributed by atoms with van der Waals surface area (Å²) in [5, 5.41) is 5.86. The van der Waals surface area contributed by atoms with Crippen LogP contribution in [0.2, 0.25) is 0 Å². The van der Waals surface area contributed by atoms with Crippen molar-refractivity contribution in [2.75, 3.05) is 38.2 Å². The predicted octanol–water partition coefficient (Wildman–Crippen LogP) is 3.71. The summed E-state index contributed by atoms with van der Waals surface area (Å²) < 4.78 is 11.2. The molecular formula is C21H27N3O3. The van der Waals surface area contributed by atoms with E-state index in [1.54, 1.807) is 0 Å². The highest BCUT2D eigenvalue weighted by Gasteiger charge is 2.13. The van der Waals surface area contributed by atoms with Crippen molar-refractivity contribution in [3.8, 4) is 11.5 Å². The Morgan fingerprint density at radius 1 is 1.11 bits per heavy atom. The van der Waals surface area contributed by atoms with Crippen LogP contribution in [0.15, 0.2) is 54.6 Å². The van der Waals surface area contributed by atoms with E-state index in [2.05, 4.69) is 15.5 Å². The summed E-state index contributed by atoms with van der Waals surface area (Å²) in [6.45, 7) is 6.51. The third-order valence-electron chi connectivity index (χ3n) is 4.43. The minimum atomic E-state index is -0.207. The van der Waals surface area contributed by atoms with E-state index in [9.17, 15) is 4.79 Å². The third-order valence-corrected chi connectivity index (χ3v) is 4.43. The molecule has 0 bridgehead atoms. The van der Waals surface area contributed by atoms with Crippen LogP contribution in [-0.4, -0.2) is 49.8 Å². The maximum absolute atomic E-state index is 12.2. The zero-order chi connectivity index (χ0) is 18.9. The molecule has 2 N–H and O–H groups in total. The molecule has 144 valence electrons. The van der Waals surface area contributed by atoms with Crippen molar-refractivity contribution in [1.29, 1.82) is 0 Å². The molecule has 1 atom stereocenters. The van der Waals surface area contributed by atoms with Gasteiger partial charge in [-0.15, -0.1) is 0 Å². The van der Waals surface area contributed by atoms with Gasteiger partial charge in [0, 0.05) is 37.4 Å². The van der Waals surface area contributed by atoms with Gasteiger partial charge < -0.3 is 20.1 Å². The number of amides is 2. The van der Waals surface area contributed by atoms with E-state index in [-0.39, 0.29) is 12.1 Å². The third kappa shape index (κ3) is 6.58. The quantitative estimate of drug-likeness (QED) is 0.781. The van der Waals surface area contributed by atoms with Crippen LogP contribution in [0.1, 0.15) is 13.3 Å². The maximum Gasteiger partial charge on any atom is 0.319 e. The van der Waals surface area contributed by atoms with E-state index in [1.807, 2.05) is 61.5 Å². The number of hydrogen-bond donors (Lipinski definition) is 2. The number of nitrogens with one attached hydrogen (secondary N) is 2. The molecule has 0 spiro atoms. The van der Waals surface area contributed by atoms with E-state index < -0.39 is 0 Å². The average molecular weight is 369 g/mol. The molecule has 2 aromatic rings. The molecule has 1 saturated heterocycles. The second-order valence-electron chi connectivity index (χ2n) is 6.69. The lowest BCUT2D eigenvalue weighted by atomic mass is 10.2. The summed E-state index contributed by atoms with van der Waals surface area (Å²) in [5.74, 6) is 1.44. The van der Waals surface area contributed by atoms with Gasteiger partial charge >= 0.3 is 6.03 Å². The van der Waals surface area contributed by atoms with Crippen LogP contribution in [0.25, 0.3) is 0 Å². The summed E-state index contributed by atoms with van der Waals surface area (Å²) in [4.78, 5) is 14.6. The van der Waals surface area contributed by atoms with Gasteiger partial charge in [0.1, 0.15) is 11.5 Å². The number of morpholine rings is 1. The monoisotopic (exact) mass is 369 g/mol. The standard InChI is InChI=1S/C21H27N3O3/c1-17(10-11-24-12-14-26-15-13-24)22-21(25)23-18-6-5-9-20(16-18)27-19-7-3-2-4-8-19/h2-9,16-17H,10-15H2,1H3,(H2,22,23,25)/t17-/m0/s1. The summed E-state index contributed by atoms with van der Waals surface area (Å²) in [6, 6.07) is 16.8. The minimum Gasteiger partial charge on any atom is -0.457 e. The second kappa shape index (κ2) is 9.94. The van der Waals surface area contributed by atoms with Gasteiger partial charge in [-0.25, -0.2) is 4.79 Å². The summed E-state index contributed by atoms with van der Waals surface area (Å²) in [6.07, 6.45) is 0.907. The topological polar surface area (TPSA) is 62.8 Å². The fourth-order valence-corrected chi connectivity index (χ4v) is 2.93. The van der Waals surface area contributed by atoms with Gasteiger partial charge in [-0.1, -0.05) is 24.3 Å². The largest absolute Gasteiger partial charge is 0.457 e. The Kier molecular flexibility index (Phi) is 7.07. The zero-order valence-electron chi connectivity index (χ0n) is 15.7. The molecule has 6 nitrogen and oxygen atoms in total. The molecule has 1 aliphatic rings. The average Bonchev–Trinajstić information content (AvgIpc) is 2.68. The van der Waals surface area contributed by atoms with Gasteiger partial charge in [0.15, 0.2) is 0 Å². The number of rotatable bonds is 7. The minimum absolute atomic E-state index is 0.0941. The maximum atomic E-state index is 12.2. The number of anilines is 1. The first-order valence-electron chi connectivity index (χ1n) is 9.39. The Bertz CT molecular complexity index is 718. The smallest absolute Gasteiger partial charge is 0.319 e. The van der Waals surface area contributed by atoms with Gasteiger partial charge in [0.05, 0.1) is 13.2 Å². The Labute approximate surface area is 160 Å². The lowest BCUT2D eigenvalue weighted by molar-refractivity contribution is 0.0365. The Morgan fingerprint density at radius 3 is 2.63 bits per heavy atom. The molecule has 2 aromatic carbocycles. The Morgan fingerprint density at radius 2 is 1.85 bits per heavy atom. The van der Waals surface area contributed by atoms with E-state index in [0.29, 0.717) is 11.4 Å². The van der Waals surface area contributed by atoms with Crippen LogP contribution in [0.5, 0.6) is 11.5 Å². The van der Waals surface area contributed by atoms with Crippen LogP contribution in [0, 0.1) is 0 Å².